The van der Waals surface area contributed by atoms with Gasteiger partial charge in [-0.1, -0.05) is 35.0 Å². The van der Waals surface area contributed by atoms with Crippen molar-refractivity contribution in [2.24, 2.45) is 11.7 Å². The highest BCUT2D eigenvalue weighted by Gasteiger charge is 2.15. The fourth-order valence-corrected chi connectivity index (χ4v) is 2.02. The lowest BCUT2D eigenvalue weighted by Crippen LogP contribution is -2.20. The molecule has 2 atom stereocenters. The van der Waals surface area contributed by atoms with Crippen LogP contribution in [0.3, 0.4) is 0 Å². The normalized spacial score (nSPS) is 14.8. The lowest BCUT2D eigenvalue weighted by molar-refractivity contribution is 0.174. The van der Waals surface area contributed by atoms with Crippen LogP contribution in [0.2, 0.25) is 0 Å². The number of nitrogens with two attached hydrogens (primary N) is 1. The summed E-state index contributed by atoms with van der Waals surface area (Å²) in [5.74, 6) is 0.426. The highest BCUT2D eigenvalue weighted by Crippen LogP contribution is 2.26. The summed E-state index contributed by atoms with van der Waals surface area (Å²) in [4.78, 5) is 0. The average Bonchev–Trinajstić information content (AvgIpc) is 2.28. The minimum atomic E-state index is 0.0760. The van der Waals surface area contributed by atoms with Gasteiger partial charge in [0.2, 0.25) is 0 Å². The van der Waals surface area contributed by atoms with Crippen LogP contribution in [-0.2, 0) is 4.74 Å². The largest absolute Gasteiger partial charge is 0.385 e. The van der Waals surface area contributed by atoms with E-state index >= 15 is 0 Å². The zero-order valence-corrected chi connectivity index (χ0v) is 11.8. The molecule has 0 amide bonds. The first-order chi connectivity index (χ1) is 7.56. The lowest BCUT2D eigenvalue weighted by Gasteiger charge is -2.20. The van der Waals surface area contributed by atoms with E-state index < -0.39 is 0 Å². The molecule has 2 nitrogen and oxygen atoms in total. The number of halogens is 1. The summed E-state index contributed by atoms with van der Waals surface area (Å²) in [5.41, 5.74) is 8.64. The van der Waals surface area contributed by atoms with Gasteiger partial charge in [-0.25, -0.2) is 0 Å². The van der Waals surface area contributed by atoms with Gasteiger partial charge in [-0.15, -0.1) is 0 Å². The molecular formula is C13H20BrNO. The maximum Gasteiger partial charge on any atom is 0.0465 e. The third kappa shape index (κ3) is 3.58. The van der Waals surface area contributed by atoms with Crippen molar-refractivity contribution in [3.63, 3.8) is 0 Å². The summed E-state index contributed by atoms with van der Waals surface area (Å²) in [5, 5.41) is 0. The highest BCUT2D eigenvalue weighted by atomic mass is 79.9. The van der Waals surface area contributed by atoms with Gasteiger partial charge < -0.3 is 10.5 Å². The third-order valence-electron chi connectivity index (χ3n) is 2.97. The van der Waals surface area contributed by atoms with Crippen molar-refractivity contribution in [3.8, 4) is 0 Å². The first-order valence-electron chi connectivity index (χ1n) is 5.56. The molecule has 2 unspecified atom stereocenters. The predicted molar refractivity (Wildman–Crippen MR) is 71.5 cm³/mol. The van der Waals surface area contributed by atoms with E-state index in [9.17, 15) is 0 Å². The number of ether oxygens (including phenoxy) is 1. The second-order valence-corrected chi connectivity index (χ2v) is 5.15. The highest BCUT2D eigenvalue weighted by molar-refractivity contribution is 9.10. The van der Waals surface area contributed by atoms with Gasteiger partial charge >= 0.3 is 0 Å². The molecule has 0 aliphatic carbocycles. The van der Waals surface area contributed by atoms with E-state index in [0.717, 1.165) is 17.5 Å². The first kappa shape index (κ1) is 13.7. The van der Waals surface area contributed by atoms with E-state index in [1.54, 1.807) is 7.11 Å². The molecule has 16 heavy (non-hydrogen) atoms. The molecule has 0 heterocycles. The Labute approximate surface area is 106 Å². The van der Waals surface area contributed by atoms with Crippen molar-refractivity contribution in [2.75, 3.05) is 13.7 Å². The second kappa shape index (κ2) is 6.38. The van der Waals surface area contributed by atoms with E-state index in [2.05, 4.69) is 48.0 Å². The Kier molecular flexibility index (Phi) is 5.46. The molecule has 0 saturated heterocycles. The molecule has 0 aliphatic heterocycles. The molecule has 2 N–H and O–H groups in total. The van der Waals surface area contributed by atoms with Crippen LogP contribution in [0.25, 0.3) is 0 Å². The minimum Gasteiger partial charge on any atom is -0.385 e. The van der Waals surface area contributed by atoms with Crippen molar-refractivity contribution in [3.05, 3.63) is 33.8 Å². The zero-order chi connectivity index (χ0) is 12.1. The topological polar surface area (TPSA) is 35.2 Å². The maximum absolute atomic E-state index is 6.22. The van der Waals surface area contributed by atoms with Gasteiger partial charge in [-0.3, -0.25) is 0 Å². The Morgan fingerprint density at radius 1 is 1.44 bits per heavy atom. The third-order valence-corrected chi connectivity index (χ3v) is 3.83. The SMILES string of the molecule is COCCC(C)C(N)c1ccc(C)c(Br)c1. The Bertz CT molecular complexity index is 341. The zero-order valence-electron chi connectivity index (χ0n) is 10.2. The van der Waals surface area contributed by atoms with Crippen molar-refractivity contribution in [1.82, 2.24) is 0 Å². The van der Waals surface area contributed by atoms with Crippen molar-refractivity contribution in [2.45, 2.75) is 26.3 Å². The Hall–Kier alpha value is -0.380. The van der Waals surface area contributed by atoms with E-state index in [1.807, 2.05) is 0 Å². The molecule has 1 aromatic rings. The Balaban J connectivity index is 2.71. The predicted octanol–water partition coefficient (Wildman–Crippen LogP) is 3.43. The molecule has 0 saturated carbocycles. The lowest BCUT2D eigenvalue weighted by atomic mass is 9.92. The van der Waals surface area contributed by atoms with Gasteiger partial charge in [-0.05, 0) is 36.5 Å². The summed E-state index contributed by atoms with van der Waals surface area (Å²) >= 11 is 3.54. The molecule has 90 valence electrons. The molecule has 1 rings (SSSR count). The Morgan fingerprint density at radius 3 is 2.69 bits per heavy atom. The average molecular weight is 286 g/mol. The number of methoxy groups -OCH3 is 1. The number of hydrogen-bond acceptors (Lipinski definition) is 2. The number of rotatable bonds is 5. The van der Waals surface area contributed by atoms with Gasteiger partial charge in [0.05, 0.1) is 0 Å². The molecule has 1 aromatic carbocycles. The second-order valence-electron chi connectivity index (χ2n) is 4.29. The van der Waals surface area contributed by atoms with Gasteiger partial charge in [-0.2, -0.15) is 0 Å². The molecule has 0 spiro atoms. The van der Waals surface area contributed by atoms with Gasteiger partial charge in [0.1, 0.15) is 0 Å². The van der Waals surface area contributed by atoms with Gasteiger partial charge in [0.15, 0.2) is 0 Å². The van der Waals surface area contributed by atoms with E-state index in [0.29, 0.717) is 5.92 Å². The quantitative estimate of drug-likeness (QED) is 0.900. The molecule has 0 aromatic heterocycles. The molecule has 0 radical (unpaired) electrons. The van der Waals surface area contributed by atoms with Gasteiger partial charge in [0, 0.05) is 24.2 Å². The van der Waals surface area contributed by atoms with Crippen LogP contribution in [0.15, 0.2) is 22.7 Å². The van der Waals surface area contributed by atoms with Gasteiger partial charge in [0.25, 0.3) is 0 Å². The summed E-state index contributed by atoms with van der Waals surface area (Å²) < 4.78 is 6.20. The number of aryl methyl sites for hydroxylation is 1. The van der Waals surface area contributed by atoms with Crippen LogP contribution < -0.4 is 5.73 Å². The van der Waals surface area contributed by atoms with Crippen molar-refractivity contribution < 1.29 is 4.74 Å². The van der Waals surface area contributed by atoms with Crippen LogP contribution in [0.5, 0.6) is 0 Å². The maximum atomic E-state index is 6.22. The van der Waals surface area contributed by atoms with Crippen LogP contribution in [0.4, 0.5) is 0 Å². The van der Waals surface area contributed by atoms with E-state index in [-0.39, 0.29) is 6.04 Å². The fraction of sp³-hybridized carbons (Fsp3) is 0.538. The van der Waals surface area contributed by atoms with E-state index in [1.165, 1.54) is 11.1 Å². The van der Waals surface area contributed by atoms with Crippen LogP contribution in [-0.4, -0.2) is 13.7 Å². The summed E-state index contributed by atoms with van der Waals surface area (Å²) in [7, 11) is 1.72. The van der Waals surface area contributed by atoms with Crippen molar-refractivity contribution in [1.29, 1.82) is 0 Å². The summed E-state index contributed by atoms with van der Waals surface area (Å²) in [6.07, 6.45) is 0.989. The summed E-state index contributed by atoms with van der Waals surface area (Å²) in [6, 6.07) is 6.40. The molecule has 3 heteroatoms. The minimum absolute atomic E-state index is 0.0760. The van der Waals surface area contributed by atoms with Crippen LogP contribution in [0, 0.1) is 12.8 Å². The van der Waals surface area contributed by atoms with Crippen molar-refractivity contribution >= 4 is 15.9 Å². The van der Waals surface area contributed by atoms with Crippen LogP contribution >= 0.6 is 15.9 Å². The van der Waals surface area contributed by atoms with E-state index in [4.69, 9.17) is 10.5 Å². The summed E-state index contributed by atoms with van der Waals surface area (Å²) in [6.45, 7) is 5.01. The molecule has 0 fully saturated rings. The standard InChI is InChI=1S/C13H20BrNO/c1-9-4-5-11(8-12(9)14)13(15)10(2)6-7-16-3/h4-5,8,10,13H,6-7,15H2,1-3H3. The Morgan fingerprint density at radius 2 is 2.12 bits per heavy atom. The monoisotopic (exact) mass is 285 g/mol. The fourth-order valence-electron chi connectivity index (χ4n) is 1.63. The number of hydrogen-bond donors (Lipinski definition) is 1. The first-order valence-corrected chi connectivity index (χ1v) is 6.36. The van der Waals surface area contributed by atoms with Crippen LogP contribution in [0.1, 0.15) is 30.5 Å². The number of benzene rings is 1. The molecule has 0 bridgehead atoms. The molecular weight excluding hydrogens is 266 g/mol. The smallest absolute Gasteiger partial charge is 0.0465 e. The molecule has 0 aliphatic rings.